The summed E-state index contributed by atoms with van der Waals surface area (Å²) in [6, 6.07) is 9.68. The van der Waals surface area contributed by atoms with Crippen LogP contribution >= 0.6 is 11.3 Å². The third kappa shape index (κ3) is 3.22. The molecular weight excluding hydrogens is 274 g/mol. The van der Waals surface area contributed by atoms with E-state index in [1.165, 1.54) is 54.4 Å². The molecule has 1 N–H and O–H groups in total. The lowest BCUT2D eigenvalue weighted by Gasteiger charge is -2.23. The number of hydrogen-bond donors (Lipinski definition) is 1. The Bertz CT molecular complexity index is 564. The molecular formula is C19H25NS. The smallest absolute Gasteiger partial charge is 0.0585 e. The van der Waals surface area contributed by atoms with Gasteiger partial charge in [-0.2, -0.15) is 11.3 Å². The van der Waals surface area contributed by atoms with Crippen molar-refractivity contribution in [3.05, 3.63) is 57.3 Å². The zero-order valence-corrected chi connectivity index (χ0v) is 13.9. The molecule has 21 heavy (non-hydrogen) atoms. The summed E-state index contributed by atoms with van der Waals surface area (Å²) in [6.45, 7) is 2.20. The lowest BCUT2D eigenvalue weighted by atomic mass is 9.83. The van der Waals surface area contributed by atoms with Crippen molar-refractivity contribution >= 4 is 11.3 Å². The molecule has 112 valence electrons. The summed E-state index contributed by atoms with van der Waals surface area (Å²) in [5.41, 5.74) is 5.71. The first-order valence-electron chi connectivity index (χ1n) is 8.09. The molecule has 2 heteroatoms. The Balaban J connectivity index is 1.80. The van der Waals surface area contributed by atoms with Gasteiger partial charge in [0.05, 0.1) is 6.04 Å². The van der Waals surface area contributed by atoms with E-state index in [4.69, 9.17) is 0 Å². The second-order valence-electron chi connectivity index (χ2n) is 6.23. The van der Waals surface area contributed by atoms with Crippen LogP contribution in [0.1, 0.15) is 66.3 Å². The highest BCUT2D eigenvalue weighted by Gasteiger charge is 2.18. The maximum atomic E-state index is 3.47. The molecule has 1 heterocycles. The predicted molar refractivity (Wildman–Crippen MR) is 92.2 cm³/mol. The molecule has 0 amide bonds. The summed E-state index contributed by atoms with van der Waals surface area (Å²) < 4.78 is 0. The first kappa shape index (κ1) is 14.8. The van der Waals surface area contributed by atoms with Gasteiger partial charge in [-0.25, -0.2) is 0 Å². The largest absolute Gasteiger partial charge is 0.309 e. The molecule has 0 saturated heterocycles. The van der Waals surface area contributed by atoms with Crippen LogP contribution in [-0.4, -0.2) is 7.05 Å². The van der Waals surface area contributed by atoms with E-state index in [0.29, 0.717) is 6.04 Å². The summed E-state index contributed by atoms with van der Waals surface area (Å²) >= 11 is 1.79. The van der Waals surface area contributed by atoms with Gasteiger partial charge in [-0.3, -0.25) is 0 Å². The maximum absolute atomic E-state index is 3.47. The number of thiophene rings is 1. The summed E-state index contributed by atoms with van der Waals surface area (Å²) in [4.78, 5) is 0. The molecule has 1 atom stereocenters. The molecule has 1 aromatic carbocycles. The highest BCUT2D eigenvalue weighted by Crippen LogP contribution is 2.34. The fourth-order valence-corrected chi connectivity index (χ4v) is 4.44. The van der Waals surface area contributed by atoms with Gasteiger partial charge in [0.2, 0.25) is 0 Å². The lowest BCUT2D eigenvalue weighted by Crippen LogP contribution is -2.18. The average molecular weight is 299 g/mol. The quantitative estimate of drug-likeness (QED) is 0.795. The molecule has 1 aliphatic carbocycles. The van der Waals surface area contributed by atoms with Crippen LogP contribution in [0.5, 0.6) is 0 Å². The normalized spacial score (nSPS) is 17.8. The summed E-state index contributed by atoms with van der Waals surface area (Å²) in [5.74, 6) is 0.795. The topological polar surface area (TPSA) is 12.0 Å². The van der Waals surface area contributed by atoms with Gasteiger partial charge in [-0.05, 0) is 65.7 Å². The van der Waals surface area contributed by atoms with E-state index < -0.39 is 0 Å². The van der Waals surface area contributed by atoms with E-state index in [9.17, 15) is 0 Å². The van der Waals surface area contributed by atoms with Crippen molar-refractivity contribution in [3.8, 4) is 0 Å². The van der Waals surface area contributed by atoms with Crippen molar-refractivity contribution < 1.29 is 0 Å². The van der Waals surface area contributed by atoms with E-state index in [1.54, 1.807) is 11.3 Å². The Morgan fingerprint density at radius 2 is 1.76 bits per heavy atom. The first-order valence-corrected chi connectivity index (χ1v) is 9.03. The van der Waals surface area contributed by atoms with Crippen molar-refractivity contribution in [1.29, 1.82) is 0 Å². The number of rotatable bonds is 4. The number of hydrogen-bond acceptors (Lipinski definition) is 2. The highest BCUT2D eigenvalue weighted by atomic mass is 32.1. The van der Waals surface area contributed by atoms with Gasteiger partial charge in [0.1, 0.15) is 0 Å². The predicted octanol–water partition coefficient (Wildman–Crippen LogP) is 5.41. The van der Waals surface area contributed by atoms with Gasteiger partial charge < -0.3 is 5.32 Å². The van der Waals surface area contributed by atoms with Crippen molar-refractivity contribution in [2.45, 2.75) is 51.0 Å². The van der Waals surface area contributed by atoms with Gasteiger partial charge in [0.25, 0.3) is 0 Å². The SMILES string of the molecule is CNC(c1ccc(C2CCCCC2)cc1)c1cscc1C. The third-order valence-corrected chi connectivity index (χ3v) is 5.72. The molecule has 0 radical (unpaired) electrons. The standard InChI is InChI=1S/C19H25NS/c1-14-12-21-13-18(14)19(20-2)17-10-8-16(9-11-17)15-6-4-3-5-7-15/h8-13,15,19-20H,3-7H2,1-2H3. The van der Waals surface area contributed by atoms with Crippen molar-refractivity contribution in [2.75, 3.05) is 7.05 Å². The van der Waals surface area contributed by atoms with E-state index in [-0.39, 0.29) is 0 Å². The molecule has 1 unspecified atom stereocenters. The van der Waals surface area contributed by atoms with E-state index in [1.807, 2.05) is 0 Å². The average Bonchev–Trinajstić information content (AvgIpc) is 2.96. The van der Waals surface area contributed by atoms with Gasteiger partial charge in [-0.1, -0.05) is 43.5 Å². The molecule has 0 aliphatic heterocycles. The Labute approximate surface area is 132 Å². The van der Waals surface area contributed by atoms with Crippen LogP contribution in [0, 0.1) is 6.92 Å². The monoisotopic (exact) mass is 299 g/mol. The maximum Gasteiger partial charge on any atom is 0.0585 e. The molecule has 1 aromatic heterocycles. The third-order valence-electron chi connectivity index (χ3n) is 4.84. The highest BCUT2D eigenvalue weighted by molar-refractivity contribution is 7.08. The number of aryl methyl sites for hydroxylation is 1. The van der Waals surface area contributed by atoms with E-state index in [2.05, 4.69) is 54.3 Å². The molecule has 1 aliphatic rings. The lowest BCUT2D eigenvalue weighted by molar-refractivity contribution is 0.443. The molecule has 2 aromatic rings. The van der Waals surface area contributed by atoms with E-state index >= 15 is 0 Å². The van der Waals surface area contributed by atoms with Crippen molar-refractivity contribution in [1.82, 2.24) is 5.32 Å². The Morgan fingerprint density at radius 1 is 1.05 bits per heavy atom. The van der Waals surface area contributed by atoms with Crippen molar-refractivity contribution in [2.24, 2.45) is 0 Å². The van der Waals surface area contributed by atoms with Crippen LogP contribution in [0.3, 0.4) is 0 Å². The summed E-state index contributed by atoms with van der Waals surface area (Å²) in [5, 5.41) is 7.97. The second kappa shape index (κ2) is 6.76. The Kier molecular flexibility index (Phi) is 4.77. The first-order chi connectivity index (χ1) is 10.3. The van der Waals surface area contributed by atoms with Crippen LogP contribution in [0.25, 0.3) is 0 Å². The summed E-state index contributed by atoms with van der Waals surface area (Å²) in [7, 11) is 2.05. The van der Waals surface area contributed by atoms with Crippen LogP contribution in [0.2, 0.25) is 0 Å². The molecule has 1 saturated carbocycles. The minimum atomic E-state index is 0.316. The molecule has 0 bridgehead atoms. The Morgan fingerprint density at radius 3 is 2.33 bits per heavy atom. The molecule has 0 spiro atoms. The fourth-order valence-electron chi connectivity index (χ4n) is 3.56. The zero-order chi connectivity index (χ0) is 14.7. The fraction of sp³-hybridized carbons (Fsp3) is 0.474. The second-order valence-corrected chi connectivity index (χ2v) is 6.98. The van der Waals surface area contributed by atoms with Gasteiger partial charge >= 0.3 is 0 Å². The van der Waals surface area contributed by atoms with Gasteiger partial charge in [0.15, 0.2) is 0 Å². The number of benzene rings is 1. The minimum absolute atomic E-state index is 0.316. The minimum Gasteiger partial charge on any atom is -0.309 e. The molecule has 1 fully saturated rings. The summed E-state index contributed by atoms with van der Waals surface area (Å²) in [6.07, 6.45) is 6.98. The van der Waals surface area contributed by atoms with Crippen LogP contribution in [0.4, 0.5) is 0 Å². The molecule has 3 rings (SSSR count). The van der Waals surface area contributed by atoms with Crippen LogP contribution in [-0.2, 0) is 0 Å². The van der Waals surface area contributed by atoms with Gasteiger partial charge in [0, 0.05) is 0 Å². The van der Waals surface area contributed by atoms with Crippen LogP contribution < -0.4 is 5.32 Å². The van der Waals surface area contributed by atoms with E-state index in [0.717, 1.165) is 5.92 Å². The Hall–Kier alpha value is -1.12. The van der Waals surface area contributed by atoms with Crippen LogP contribution in [0.15, 0.2) is 35.0 Å². The zero-order valence-electron chi connectivity index (χ0n) is 13.1. The molecule has 1 nitrogen and oxygen atoms in total. The number of nitrogens with one attached hydrogen (secondary N) is 1. The van der Waals surface area contributed by atoms with Gasteiger partial charge in [-0.15, -0.1) is 0 Å². The van der Waals surface area contributed by atoms with Crippen molar-refractivity contribution in [3.63, 3.8) is 0 Å².